The molecule has 1 atom stereocenters. The lowest BCUT2D eigenvalue weighted by atomic mass is 10.1. The molecule has 0 aliphatic carbocycles. The number of hydrogen-bond donors (Lipinski definition) is 2. The molecule has 1 N–H and O–H groups in total. The molecule has 0 spiro atoms. The van der Waals surface area contributed by atoms with E-state index in [2.05, 4.69) is 24.9 Å². The molecule has 0 aromatic rings. The Morgan fingerprint density at radius 1 is 1.04 bits per heavy atom. The van der Waals surface area contributed by atoms with Gasteiger partial charge in [0.25, 0.3) is 0 Å². The molecule has 1 unspecified atom stereocenters. The Bertz CT molecular complexity index is 308. The topological polar surface area (TPSA) is 46.2 Å². The maximum atomic E-state index is 10.9. The van der Waals surface area contributed by atoms with Gasteiger partial charge in [0.05, 0.1) is 0 Å². The lowest BCUT2D eigenvalue weighted by molar-refractivity contribution is -0.124. The summed E-state index contributed by atoms with van der Waals surface area (Å²) in [6, 6.07) is 0. The van der Waals surface area contributed by atoms with Crippen LogP contribution in [-0.2, 0) is 9.59 Å². The van der Waals surface area contributed by atoms with E-state index in [1.165, 1.54) is 57.8 Å². The van der Waals surface area contributed by atoms with E-state index in [9.17, 15) is 9.59 Å². The van der Waals surface area contributed by atoms with Crippen molar-refractivity contribution in [1.82, 2.24) is 5.32 Å². The Morgan fingerprint density at radius 2 is 1.61 bits per heavy atom. The van der Waals surface area contributed by atoms with Crippen molar-refractivity contribution in [1.29, 1.82) is 0 Å². The smallest absolute Gasteiger partial charge is 0.222 e. The minimum Gasteiger partial charge on any atom is -0.356 e. The van der Waals surface area contributed by atoms with Gasteiger partial charge in [0, 0.05) is 18.9 Å². The minimum atomic E-state index is 0.0351. The lowest BCUT2D eigenvalue weighted by Crippen LogP contribution is -2.26. The first-order valence-electron chi connectivity index (χ1n) is 9.57. The van der Waals surface area contributed by atoms with Gasteiger partial charge in [-0.2, -0.15) is 0 Å². The van der Waals surface area contributed by atoms with Gasteiger partial charge in [0.1, 0.15) is 0 Å². The highest BCUT2D eigenvalue weighted by Gasteiger charge is 2.14. The summed E-state index contributed by atoms with van der Waals surface area (Å²) in [5, 5.41) is 2.89. The molecule has 0 saturated carbocycles. The lowest BCUT2D eigenvalue weighted by Gasteiger charge is -2.03. The third-order valence-electron chi connectivity index (χ3n) is 4.30. The molecule has 23 heavy (non-hydrogen) atoms. The predicted molar refractivity (Wildman–Crippen MR) is 102 cm³/mol. The van der Waals surface area contributed by atoms with E-state index < -0.39 is 0 Å². The molecule has 0 aromatic heterocycles. The predicted octanol–water partition coefficient (Wildman–Crippen LogP) is 5.29. The van der Waals surface area contributed by atoms with Gasteiger partial charge < -0.3 is 5.32 Å². The van der Waals surface area contributed by atoms with Crippen LogP contribution in [0.4, 0.5) is 0 Å². The first kappa shape index (κ1) is 22.5. The molecule has 1 aliphatic rings. The molecular formula is C19H37NO2S. The molecule has 0 radical (unpaired) electrons. The molecule has 1 rings (SSSR count). The second-order valence-corrected chi connectivity index (χ2v) is 7.16. The monoisotopic (exact) mass is 343 g/mol. The standard InChI is InChI=1S/C12H24OS.C7H13NO/c1-2-3-4-5-6-7-8-9-10-11-12(13)14;1-6-4-2-3-5-8-7(6)9/h2-11H2,1H3,(H,13,14);6H,2-5H2,1H3,(H,8,9). The van der Waals surface area contributed by atoms with Crippen LogP contribution in [0.25, 0.3) is 0 Å². The van der Waals surface area contributed by atoms with E-state index in [1.54, 1.807) is 0 Å². The molecule has 0 aromatic carbocycles. The fraction of sp³-hybridized carbons (Fsp3) is 0.895. The van der Waals surface area contributed by atoms with Gasteiger partial charge in [-0.15, -0.1) is 12.6 Å². The van der Waals surface area contributed by atoms with Gasteiger partial charge in [0.2, 0.25) is 5.91 Å². The number of carbonyl (C=O) groups is 2. The highest BCUT2D eigenvalue weighted by molar-refractivity contribution is 7.96. The summed E-state index contributed by atoms with van der Waals surface area (Å²) in [6.45, 7) is 5.11. The number of hydrogen-bond acceptors (Lipinski definition) is 2. The van der Waals surface area contributed by atoms with Crippen molar-refractivity contribution in [2.75, 3.05) is 6.54 Å². The Labute approximate surface area is 148 Å². The van der Waals surface area contributed by atoms with Gasteiger partial charge in [-0.25, -0.2) is 0 Å². The summed E-state index contributed by atoms with van der Waals surface area (Å²) in [5.74, 6) is 0.472. The quantitative estimate of drug-likeness (QED) is 0.418. The Balaban J connectivity index is 0.000000459. The summed E-state index contributed by atoms with van der Waals surface area (Å²) in [5.41, 5.74) is 0. The number of rotatable bonds is 10. The summed E-state index contributed by atoms with van der Waals surface area (Å²) >= 11 is 3.74. The van der Waals surface area contributed by atoms with E-state index in [4.69, 9.17) is 0 Å². The molecule has 136 valence electrons. The van der Waals surface area contributed by atoms with E-state index in [0.717, 1.165) is 25.8 Å². The first-order chi connectivity index (χ1) is 11.1. The number of carbonyl (C=O) groups excluding carboxylic acids is 2. The van der Waals surface area contributed by atoms with Gasteiger partial charge in [-0.05, 0) is 19.3 Å². The van der Waals surface area contributed by atoms with E-state index >= 15 is 0 Å². The average Bonchev–Trinajstić information content (AvgIpc) is 2.71. The van der Waals surface area contributed by atoms with Gasteiger partial charge >= 0.3 is 0 Å². The van der Waals surface area contributed by atoms with Crippen molar-refractivity contribution in [3.05, 3.63) is 0 Å². The van der Waals surface area contributed by atoms with Crippen molar-refractivity contribution < 1.29 is 9.59 Å². The van der Waals surface area contributed by atoms with Crippen molar-refractivity contribution in [3.8, 4) is 0 Å². The number of amides is 1. The second kappa shape index (κ2) is 16.4. The van der Waals surface area contributed by atoms with Crippen LogP contribution < -0.4 is 5.32 Å². The van der Waals surface area contributed by atoms with Crippen LogP contribution in [0, 0.1) is 5.92 Å². The fourth-order valence-electron chi connectivity index (χ4n) is 2.68. The normalized spacial score (nSPS) is 17.7. The maximum absolute atomic E-state index is 10.9. The molecule has 1 fully saturated rings. The summed E-state index contributed by atoms with van der Waals surface area (Å²) in [4.78, 5) is 21.4. The largest absolute Gasteiger partial charge is 0.356 e. The Kier molecular flexibility index (Phi) is 16.0. The zero-order chi connectivity index (χ0) is 17.3. The molecule has 0 bridgehead atoms. The van der Waals surface area contributed by atoms with E-state index in [1.807, 2.05) is 6.92 Å². The van der Waals surface area contributed by atoms with Crippen molar-refractivity contribution in [3.63, 3.8) is 0 Å². The average molecular weight is 344 g/mol. The molecular weight excluding hydrogens is 306 g/mol. The molecule has 1 saturated heterocycles. The van der Waals surface area contributed by atoms with Gasteiger partial charge in [-0.1, -0.05) is 71.6 Å². The number of unbranched alkanes of at least 4 members (excludes halogenated alkanes) is 8. The van der Waals surface area contributed by atoms with Crippen molar-refractivity contribution >= 4 is 23.7 Å². The Hall–Kier alpha value is -0.510. The SMILES string of the molecule is CC1CCCCNC1=O.CCCCCCCCCCCC(=O)S. The van der Waals surface area contributed by atoms with Crippen molar-refractivity contribution in [2.24, 2.45) is 5.92 Å². The van der Waals surface area contributed by atoms with Crippen molar-refractivity contribution in [2.45, 2.75) is 97.3 Å². The zero-order valence-corrected chi connectivity index (χ0v) is 16.1. The van der Waals surface area contributed by atoms with E-state index in [0.29, 0.717) is 6.42 Å². The Morgan fingerprint density at radius 3 is 2.17 bits per heavy atom. The van der Waals surface area contributed by atoms with Crippen LogP contribution in [0.3, 0.4) is 0 Å². The minimum absolute atomic E-state index is 0.0351. The summed E-state index contributed by atoms with van der Waals surface area (Å²) in [6.07, 6.45) is 15.8. The third kappa shape index (κ3) is 16.1. The van der Waals surface area contributed by atoms with Crippen LogP contribution >= 0.6 is 12.6 Å². The molecule has 1 amide bonds. The van der Waals surface area contributed by atoms with Crippen LogP contribution in [0.5, 0.6) is 0 Å². The van der Waals surface area contributed by atoms with Gasteiger partial charge in [-0.3, -0.25) is 9.59 Å². The van der Waals surface area contributed by atoms with Crippen LogP contribution in [0.15, 0.2) is 0 Å². The third-order valence-corrected chi connectivity index (χ3v) is 4.53. The first-order valence-corrected chi connectivity index (χ1v) is 10.0. The summed E-state index contributed by atoms with van der Waals surface area (Å²) in [7, 11) is 0. The summed E-state index contributed by atoms with van der Waals surface area (Å²) < 4.78 is 0. The van der Waals surface area contributed by atoms with Crippen LogP contribution in [0.1, 0.15) is 97.3 Å². The van der Waals surface area contributed by atoms with Crippen LogP contribution in [0.2, 0.25) is 0 Å². The number of nitrogens with one attached hydrogen (secondary N) is 1. The fourth-order valence-corrected chi connectivity index (χ4v) is 2.84. The second-order valence-electron chi connectivity index (χ2n) is 6.66. The molecule has 1 aliphatic heterocycles. The van der Waals surface area contributed by atoms with Crippen LogP contribution in [-0.4, -0.2) is 17.6 Å². The van der Waals surface area contributed by atoms with Gasteiger partial charge in [0.15, 0.2) is 5.12 Å². The molecule has 1 heterocycles. The van der Waals surface area contributed by atoms with E-state index in [-0.39, 0.29) is 16.9 Å². The highest BCUT2D eigenvalue weighted by Crippen LogP contribution is 2.11. The molecule has 3 nitrogen and oxygen atoms in total. The molecule has 4 heteroatoms. The number of thiol groups is 1. The highest BCUT2D eigenvalue weighted by atomic mass is 32.1. The zero-order valence-electron chi connectivity index (χ0n) is 15.2. The maximum Gasteiger partial charge on any atom is 0.222 e.